The summed E-state index contributed by atoms with van der Waals surface area (Å²) in [6.45, 7) is 2.79. The van der Waals surface area contributed by atoms with Crippen LogP contribution < -0.4 is 11.1 Å². The zero-order chi connectivity index (χ0) is 13.2. The molecule has 0 fully saturated rings. The number of nitrogens with zero attached hydrogens (tertiary/aromatic N) is 2. The van der Waals surface area contributed by atoms with E-state index in [0.29, 0.717) is 0 Å². The molecule has 1 aromatic carbocycles. The lowest BCUT2D eigenvalue weighted by atomic mass is 10.2. The van der Waals surface area contributed by atoms with Gasteiger partial charge in [0.2, 0.25) is 0 Å². The van der Waals surface area contributed by atoms with Crippen LogP contribution in [-0.4, -0.2) is 9.97 Å². The van der Waals surface area contributed by atoms with Crippen molar-refractivity contribution in [1.82, 2.24) is 9.97 Å². The van der Waals surface area contributed by atoms with Crippen LogP contribution in [0.2, 0.25) is 0 Å². The summed E-state index contributed by atoms with van der Waals surface area (Å²) in [5.41, 5.74) is 9.85. The van der Waals surface area contributed by atoms with Crippen molar-refractivity contribution in [1.29, 1.82) is 0 Å². The summed E-state index contributed by atoms with van der Waals surface area (Å²) in [4.78, 5) is 8.63. The molecule has 19 heavy (non-hydrogen) atoms. The predicted octanol–water partition coefficient (Wildman–Crippen LogP) is 3.19. The van der Waals surface area contributed by atoms with Crippen molar-refractivity contribution in [2.75, 3.05) is 11.1 Å². The van der Waals surface area contributed by atoms with Gasteiger partial charge in [0.25, 0.3) is 0 Å². The molecular weight excluding hydrogens is 256 g/mol. The van der Waals surface area contributed by atoms with Gasteiger partial charge in [0.05, 0.1) is 10.2 Å². The summed E-state index contributed by atoms with van der Waals surface area (Å²) in [5.74, 6) is 0.889. The molecule has 3 aromatic rings. The number of fused-ring (bicyclic) bond motifs is 1. The normalized spacial score (nSPS) is 10.8. The third-order valence-corrected chi connectivity index (χ3v) is 4.06. The minimum Gasteiger partial charge on any atom is -0.399 e. The van der Waals surface area contributed by atoms with E-state index in [1.807, 2.05) is 24.3 Å². The van der Waals surface area contributed by atoms with Gasteiger partial charge < -0.3 is 11.1 Å². The van der Waals surface area contributed by atoms with Gasteiger partial charge in [-0.2, -0.15) is 0 Å². The fraction of sp³-hybridized carbons (Fsp3) is 0.143. The molecule has 4 nitrogen and oxygen atoms in total. The molecule has 0 spiro atoms. The van der Waals surface area contributed by atoms with Gasteiger partial charge in [-0.25, -0.2) is 9.97 Å². The van der Waals surface area contributed by atoms with E-state index in [4.69, 9.17) is 5.73 Å². The van der Waals surface area contributed by atoms with Crippen molar-refractivity contribution in [3.8, 4) is 0 Å². The van der Waals surface area contributed by atoms with E-state index < -0.39 is 0 Å². The maximum Gasteiger partial charge on any atom is 0.147 e. The predicted molar refractivity (Wildman–Crippen MR) is 80.3 cm³/mol. The Kier molecular flexibility index (Phi) is 3.05. The first-order chi connectivity index (χ1) is 9.24. The smallest absolute Gasteiger partial charge is 0.147 e. The highest BCUT2D eigenvalue weighted by molar-refractivity contribution is 7.18. The van der Waals surface area contributed by atoms with Crippen molar-refractivity contribution >= 4 is 33.1 Å². The Morgan fingerprint density at radius 2 is 2.00 bits per heavy atom. The number of aryl methyl sites for hydroxylation is 1. The number of benzene rings is 1. The number of nitrogen functional groups attached to an aromatic ring is 1. The van der Waals surface area contributed by atoms with Gasteiger partial charge in [-0.3, -0.25) is 0 Å². The van der Waals surface area contributed by atoms with Gasteiger partial charge in [0.15, 0.2) is 0 Å². The molecule has 2 aromatic heterocycles. The average molecular weight is 270 g/mol. The van der Waals surface area contributed by atoms with Crippen molar-refractivity contribution in [3.63, 3.8) is 0 Å². The Morgan fingerprint density at radius 1 is 1.21 bits per heavy atom. The first kappa shape index (κ1) is 11.9. The minimum atomic E-state index is 0.726. The molecule has 0 atom stereocenters. The average Bonchev–Trinajstić information content (AvgIpc) is 2.81. The third kappa shape index (κ3) is 2.37. The molecule has 5 heteroatoms. The van der Waals surface area contributed by atoms with Crippen LogP contribution in [0, 0.1) is 6.92 Å². The van der Waals surface area contributed by atoms with Gasteiger partial charge in [-0.05, 0) is 35.6 Å². The highest BCUT2D eigenvalue weighted by atomic mass is 32.1. The van der Waals surface area contributed by atoms with E-state index in [-0.39, 0.29) is 0 Å². The first-order valence-electron chi connectivity index (χ1n) is 6.01. The van der Waals surface area contributed by atoms with Crippen LogP contribution in [0.3, 0.4) is 0 Å². The maximum atomic E-state index is 5.67. The van der Waals surface area contributed by atoms with Gasteiger partial charge in [-0.1, -0.05) is 12.1 Å². The van der Waals surface area contributed by atoms with Crippen molar-refractivity contribution in [2.45, 2.75) is 13.5 Å². The zero-order valence-electron chi connectivity index (χ0n) is 10.6. The largest absolute Gasteiger partial charge is 0.399 e. The number of nitrogens with one attached hydrogen (secondary N) is 1. The fourth-order valence-electron chi connectivity index (χ4n) is 1.92. The van der Waals surface area contributed by atoms with E-state index in [1.165, 1.54) is 11.1 Å². The summed E-state index contributed by atoms with van der Waals surface area (Å²) in [5, 5.41) is 5.46. The summed E-state index contributed by atoms with van der Waals surface area (Å²) < 4.78 is 1.11. The van der Waals surface area contributed by atoms with Gasteiger partial charge in [0, 0.05) is 12.2 Å². The SMILES string of the molecule is Cc1csc2c(NCc3ccc(N)cc3)ncnc12. The van der Waals surface area contributed by atoms with E-state index in [1.54, 1.807) is 17.7 Å². The van der Waals surface area contributed by atoms with E-state index in [2.05, 4.69) is 27.6 Å². The number of hydrogen-bond donors (Lipinski definition) is 2. The molecule has 0 bridgehead atoms. The highest BCUT2D eigenvalue weighted by Crippen LogP contribution is 2.28. The number of nitrogens with two attached hydrogens (primary N) is 1. The molecule has 0 aliphatic heterocycles. The zero-order valence-corrected chi connectivity index (χ0v) is 11.4. The van der Waals surface area contributed by atoms with Crippen LogP contribution in [0.15, 0.2) is 36.0 Å². The van der Waals surface area contributed by atoms with Crippen LogP contribution in [0.1, 0.15) is 11.1 Å². The number of rotatable bonds is 3. The van der Waals surface area contributed by atoms with Crippen LogP contribution in [0.5, 0.6) is 0 Å². The molecule has 2 heterocycles. The standard InChI is InChI=1S/C14H14N4S/c1-9-7-19-13-12(9)17-8-18-14(13)16-6-10-2-4-11(15)5-3-10/h2-5,7-8H,6,15H2,1H3,(H,16,17,18). The van der Waals surface area contributed by atoms with Crippen LogP contribution in [0.4, 0.5) is 11.5 Å². The summed E-state index contributed by atoms with van der Waals surface area (Å²) in [6, 6.07) is 7.84. The summed E-state index contributed by atoms with van der Waals surface area (Å²) in [7, 11) is 0. The number of aromatic nitrogens is 2. The molecule has 3 rings (SSSR count). The number of hydrogen-bond acceptors (Lipinski definition) is 5. The second-order valence-electron chi connectivity index (χ2n) is 4.41. The molecule has 0 aliphatic rings. The molecule has 96 valence electrons. The van der Waals surface area contributed by atoms with Gasteiger partial charge in [-0.15, -0.1) is 11.3 Å². The topological polar surface area (TPSA) is 63.8 Å². The fourth-order valence-corrected chi connectivity index (χ4v) is 2.88. The van der Waals surface area contributed by atoms with Crippen LogP contribution in [-0.2, 0) is 6.54 Å². The molecule has 0 saturated carbocycles. The molecule has 0 radical (unpaired) electrons. The van der Waals surface area contributed by atoms with Crippen LogP contribution >= 0.6 is 11.3 Å². The van der Waals surface area contributed by atoms with E-state index in [0.717, 1.165) is 28.3 Å². The lowest BCUT2D eigenvalue weighted by Gasteiger charge is -2.06. The van der Waals surface area contributed by atoms with Gasteiger partial charge in [0.1, 0.15) is 12.1 Å². The van der Waals surface area contributed by atoms with Crippen molar-refractivity contribution < 1.29 is 0 Å². The lowest BCUT2D eigenvalue weighted by molar-refractivity contribution is 1.10. The second-order valence-corrected chi connectivity index (χ2v) is 5.29. The molecule has 0 amide bonds. The Labute approximate surface area is 115 Å². The highest BCUT2D eigenvalue weighted by Gasteiger charge is 2.07. The lowest BCUT2D eigenvalue weighted by Crippen LogP contribution is -2.02. The monoisotopic (exact) mass is 270 g/mol. The maximum absolute atomic E-state index is 5.67. The molecular formula is C14H14N4S. The van der Waals surface area contributed by atoms with E-state index >= 15 is 0 Å². The summed E-state index contributed by atoms with van der Waals surface area (Å²) >= 11 is 1.67. The summed E-state index contributed by atoms with van der Waals surface area (Å²) in [6.07, 6.45) is 1.60. The van der Waals surface area contributed by atoms with Crippen molar-refractivity contribution in [3.05, 3.63) is 47.1 Å². The van der Waals surface area contributed by atoms with Gasteiger partial charge >= 0.3 is 0 Å². The Balaban J connectivity index is 1.83. The molecule has 0 aliphatic carbocycles. The molecule has 0 unspecified atom stereocenters. The number of anilines is 2. The van der Waals surface area contributed by atoms with E-state index in [9.17, 15) is 0 Å². The quantitative estimate of drug-likeness (QED) is 0.717. The second kappa shape index (κ2) is 4.85. The minimum absolute atomic E-state index is 0.726. The van der Waals surface area contributed by atoms with Crippen molar-refractivity contribution in [2.24, 2.45) is 0 Å². The van der Waals surface area contributed by atoms with Crippen LogP contribution in [0.25, 0.3) is 10.2 Å². The Morgan fingerprint density at radius 3 is 2.79 bits per heavy atom. The first-order valence-corrected chi connectivity index (χ1v) is 6.89. The number of thiophene rings is 1. The Hall–Kier alpha value is -2.14. The molecule has 0 saturated heterocycles. The molecule has 3 N–H and O–H groups in total. The Bertz CT molecular complexity index is 703. The third-order valence-electron chi connectivity index (χ3n) is 2.97.